The van der Waals surface area contributed by atoms with Gasteiger partial charge in [-0.3, -0.25) is 9.59 Å². The van der Waals surface area contributed by atoms with Gasteiger partial charge in [0.15, 0.2) is 0 Å². The molecule has 2 aliphatic carbocycles. The molecule has 3 rings (SSSR count). The van der Waals surface area contributed by atoms with Gasteiger partial charge in [0.1, 0.15) is 0 Å². The summed E-state index contributed by atoms with van der Waals surface area (Å²) in [7, 11) is 0. The molecule has 1 aliphatic heterocycles. The smallest absolute Gasteiger partial charge is 0.225 e. The van der Waals surface area contributed by atoms with E-state index in [2.05, 4.69) is 22.5 Å². The number of carbonyl (C=O) groups excluding carboxylic acids is 2. The molecule has 5 heteroatoms. The molecule has 0 aromatic heterocycles. The van der Waals surface area contributed by atoms with Crippen LogP contribution in [0.2, 0.25) is 0 Å². The third-order valence-corrected chi connectivity index (χ3v) is 6.37. The third kappa shape index (κ3) is 4.75. The van der Waals surface area contributed by atoms with Gasteiger partial charge in [0.25, 0.3) is 0 Å². The molecule has 1 atom stereocenters. The zero-order chi connectivity index (χ0) is 17.6. The van der Waals surface area contributed by atoms with E-state index >= 15 is 0 Å². The van der Waals surface area contributed by atoms with E-state index in [0.29, 0.717) is 11.9 Å². The molecule has 2 amide bonds. The van der Waals surface area contributed by atoms with E-state index in [1.54, 1.807) is 0 Å². The summed E-state index contributed by atoms with van der Waals surface area (Å²) < 4.78 is 0. The number of hydrogen-bond donors (Lipinski definition) is 2. The zero-order valence-electron chi connectivity index (χ0n) is 15.8. The Labute approximate surface area is 152 Å². The van der Waals surface area contributed by atoms with Gasteiger partial charge in [-0.05, 0) is 57.9 Å². The van der Waals surface area contributed by atoms with Crippen molar-refractivity contribution in [3.05, 3.63) is 0 Å². The maximum atomic E-state index is 13.0. The van der Waals surface area contributed by atoms with Crippen LogP contribution in [0.25, 0.3) is 0 Å². The predicted molar refractivity (Wildman–Crippen MR) is 99.1 cm³/mol. The molecule has 0 aromatic rings. The second-order valence-electron chi connectivity index (χ2n) is 8.22. The van der Waals surface area contributed by atoms with Crippen LogP contribution < -0.4 is 10.6 Å². The molecule has 2 saturated carbocycles. The maximum absolute atomic E-state index is 13.0. The second-order valence-corrected chi connectivity index (χ2v) is 8.22. The topological polar surface area (TPSA) is 61.4 Å². The Morgan fingerprint density at radius 3 is 2.32 bits per heavy atom. The van der Waals surface area contributed by atoms with Crippen LogP contribution in [0.3, 0.4) is 0 Å². The number of nitrogens with zero attached hydrogens (tertiary/aromatic N) is 1. The van der Waals surface area contributed by atoms with E-state index in [-0.39, 0.29) is 23.8 Å². The Hall–Kier alpha value is -1.10. The van der Waals surface area contributed by atoms with Gasteiger partial charge in [0, 0.05) is 37.0 Å². The summed E-state index contributed by atoms with van der Waals surface area (Å²) in [6.45, 7) is 5.00. The predicted octanol–water partition coefficient (Wildman–Crippen LogP) is 2.45. The summed E-state index contributed by atoms with van der Waals surface area (Å²) in [4.78, 5) is 27.5. The summed E-state index contributed by atoms with van der Waals surface area (Å²) >= 11 is 0. The molecule has 0 bridgehead atoms. The Morgan fingerprint density at radius 1 is 1.00 bits per heavy atom. The van der Waals surface area contributed by atoms with Crippen LogP contribution in [0.5, 0.6) is 0 Å². The summed E-state index contributed by atoms with van der Waals surface area (Å²) in [6, 6.07) is 0.664. The summed E-state index contributed by atoms with van der Waals surface area (Å²) in [6.07, 6.45) is 10.4. The highest BCUT2D eigenvalue weighted by Crippen LogP contribution is 2.29. The number of carbonyl (C=O) groups is 2. The van der Waals surface area contributed by atoms with Crippen LogP contribution in [-0.4, -0.2) is 48.4 Å². The summed E-state index contributed by atoms with van der Waals surface area (Å²) in [5.74, 6) is 1.02. The van der Waals surface area contributed by atoms with Gasteiger partial charge in [-0.15, -0.1) is 0 Å². The fraction of sp³-hybridized carbons (Fsp3) is 0.900. The van der Waals surface area contributed by atoms with Gasteiger partial charge in [-0.25, -0.2) is 0 Å². The quantitative estimate of drug-likeness (QED) is 0.774. The van der Waals surface area contributed by atoms with Crippen molar-refractivity contribution in [3.8, 4) is 0 Å². The Bertz CT molecular complexity index is 448. The molecule has 2 N–H and O–H groups in total. The minimum Gasteiger partial charge on any atom is -0.353 e. The van der Waals surface area contributed by atoms with Gasteiger partial charge in [0.05, 0.1) is 0 Å². The number of hydrogen-bond acceptors (Lipinski definition) is 3. The van der Waals surface area contributed by atoms with Gasteiger partial charge in [-0.2, -0.15) is 0 Å². The lowest BCUT2D eigenvalue weighted by Crippen LogP contribution is -2.47. The van der Waals surface area contributed by atoms with Gasteiger partial charge < -0.3 is 15.5 Å². The lowest BCUT2D eigenvalue weighted by atomic mass is 9.84. The number of rotatable bonds is 6. The van der Waals surface area contributed by atoms with Crippen molar-refractivity contribution < 1.29 is 9.59 Å². The molecule has 25 heavy (non-hydrogen) atoms. The molecule has 3 fully saturated rings. The van der Waals surface area contributed by atoms with E-state index in [1.165, 1.54) is 12.8 Å². The van der Waals surface area contributed by atoms with Crippen molar-refractivity contribution in [1.29, 1.82) is 0 Å². The highest BCUT2D eigenvalue weighted by Gasteiger charge is 2.34. The minimum absolute atomic E-state index is 0.159. The van der Waals surface area contributed by atoms with Crippen LogP contribution in [0.1, 0.15) is 71.1 Å². The summed E-state index contributed by atoms with van der Waals surface area (Å²) in [5, 5.41) is 6.64. The molecule has 1 unspecified atom stereocenters. The molecule has 3 aliphatic rings. The average Bonchev–Trinajstić information content (AvgIpc) is 3.33. The van der Waals surface area contributed by atoms with Crippen molar-refractivity contribution in [2.75, 3.05) is 19.6 Å². The average molecular weight is 350 g/mol. The fourth-order valence-corrected chi connectivity index (χ4v) is 4.85. The van der Waals surface area contributed by atoms with Gasteiger partial charge in [-0.1, -0.05) is 19.8 Å². The number of amides is 2. The zero-order valence-corrected chi connectivity index (χ0v) is 15.8. The first-order valence-corrected chi connectivity index (χ1v) is 10.5. The van der Waals surface area contributed by atoms with E-state index in [4.69, 9.17) is 0 Å². The molecular weight excluding hydrogens is 314 g/mol. The van der Waals surface area contributed by atoms with Crippen molar-refractivity contribution >= 4 is 11.8 Å². The highest BCUT2D eigenvalue weighted by atomic mass is 16.2. The Morgan fingerprint density at radius 2 is 1.72 bits per heavy atom. The van der Waals surface area contributed by atoms with Crippen molar-refractivity contribution in [1.82, 2.24) is 15.5 Å². The van der Waals surface area contributed by atoms with Crippen molar-refractivity contribution in [3.63, 3.8) is 0 Å². The van der Waals surface area contributed by atoms with Crippen LogP contribution in [0, 0.1) is 11.8 Å². The first kappa shape index (κ1) is 18.7. The monoisotopic (exact) mass is 349 g/mol. The first-order valence-electron chi connectivity index (χ1n) is 10.5. The third-order valence-electron chi connectivity index (χ3n) is 6.37. The first-order chi connectivity index (χ1) is 12.2. The Kier molecular flexibility index (Phi) is 6.74. The van der Waals surface area contributed by atoms with Crippen LogP contribution in [0.15, 0.2) is 0 Å². The molecular formula is C20H35N3O2. The number of nitrogens with one attached hydrogen (secondary N) is 2. The lowest BCUT2D eigenvalue weighted by molar-refractivity contribution is -0.138. The Balaban J connectivity index is 1.46. The second kappa shape index (κ2) is 9.02. The standard InChI is InChI=1S/C20H35N3O2/c1-2-13-23(18-11-12-21-14-18)20(25)16-7-9-17(10-8-16)22-19(24)15-5-3-4-6-15/h15-18,21H,2-14H2,1H3,(H,22,24). The van der Waals surface area contributed by atoms with Crippen molar-refractivity contribution in [2.45, 2.75) is 83.2 Å². The molecule has 0 radical (unpaired) electrons. The molecule has 1 heterocycles. The van der Waals surface area contributed by atoms with Gasteiger partial charge >= 0.3 is 0 Å². The maximum Gasteiger partial charge on any atom is 0.225 e. The largest absolute Gasteiger partial charge is 0.353 e. The van der Waals surface area contributed by atoms with E-state index in [1.807, 2.05) is 0 Å². The molecule has 5 nitrogen and oxygen atoms in total. The van der Waals surface area contributed by atoms with E-state index in [0.717, 1.165) is 71.0 Å². The SMILES string of the molecule is CCCN(C(=O)C1CCC(NC(=O)C2CCCC2)CC1)C1CCNC1. The molecule has 142 valence electrons. The molecule has 0 aromatic carbocycles. The van der Waals surface area contributed by atoms with E-state index < -0.39 is 0 Å². The minimum atomic E-state index is 0.159. The molecule has 0 spiro atoms. The summed E-state index contributed by atoms with van der Waals surface area (Å²) in [5.41, 5.74) is 0. The lowest BCUT2D eigenvalue weighted by Gasteiger charge is -2.35. The van der Waals surface area contributed by atoms with Crippen LogP contribution in [-0.2, 0) is 9.59 Å². The fourth-order valence-electron chi connectivity index (χ4n) is 4.85. The normalized spacial score (nSPS) is 30.4. The van der Waals surface area contributed by atoms with Crippen LogP contribution in [0.4, 0.5) is 0 Å². The highest BCUT2D eigenvalue weighted by molar-refractivity contribution is 5.80. The molecule has 1 saturated heterocycles. The van der Waals surface area contributed by atoms with Crippen molar-refractivity contribution in [2.24, 2.45) is 11.8 Å². The van der Waals surface area contributed by atoms with Crippen LogP contribution >= 0.6 is 0 Å². The van der Waals surface area contributed by atoms with E-state index in [9.17, 15) is 9.59 Å². The van der Waals surface area contributed by atoms with Gasteiger partial charge in [0.2, 0.25) is 11.8 Å².